The number of rotatable bonds is 5. The molecular formula is C13H17ClFNO3S. The summed E-state index contributed by atoms with van der Waals surface area (Å²) in [5.74, 6) is -1.17. The van der Waals surface area contributed by atoms with Gasteiger partial charge in [0.05, 0.1) is 10.5 Å². The average molecular weight is 322 g/mol. The minimum absolute atomic E-state index is 0.128. The molecule has 0 aliphatic rings. The first kappa shape index (κ1) is 16.9. The minimum atomic E-state index is -4.11. The van der Waals surface area contributed by atoms with Gasteiger partial charge in [0.1, 0.15) is 5.82 Å². The van der Waals surface area contributed by atoms with E-state index in [2.05, 4.69) is 5.32 Å². The van der Waals surface area contributed by atoms with Crippen LogP contribution in [0.15, 0.2) is 23.1 Å². The molecule has 0 aromatic heterocycles. The van der Waals surface area contributed by atoms with E-state index in [4.69, 9.17) is 10.7 Å². The second kappa shape index (κ2) is 6.54. The SMILES string of the molecule is CCC(NC(=O)c1cc(F)ccc1S(=O)(=O)Cl)C(C)C. The van der Waals surface area contributed by atoms with Crippen molar-refractivity contribution >= 4 is 25.6 Å². The van der Waals surface area contributed by atoms with Gasteiger partial charge in [0.2, 0.25) is 0 Å². The summed E-state index contributed by atoms with van der Waals surface area (Å²) < 4.78 is 36.1. The van der Waals surface area contributed by atoms with Crippen LogP contribution in [0.2, 0.25) is 0 Å². The number of amides is 1. The number of benzene rings is 1. The van der Waals surface area contributed by atoms with Crippen LogP contribution in [-0.2, 0) is 9.05 Å². The van der Waals surface area contributed by atoms with Gasteiger partial charge in [-0.1, -0.05) is 20.8 Å². The van der Waals surface area contributed by atoms with Crippen molar-refractivity contribution in [1.29, 1.82) is 0 Å². The number of hydrogen-bond acceptors (Lipinski definition) is 3. The van der Waals surface area contributed by atoms with Crippen LogP contribution in [0.4, 0.5) is 4.39 Å². The van der Waals surface area contributed by atoms with Gasteiger partial charge in [-0.3, -0.25) is 4.79 Å². The monoisotopic (exact) mass is 321 g/mol. The second-order valence-corrected chi connectivity index (χ2v) is 7.34. The molecule has 0 aliphatic heterocycles. The highest BCUT2D eigenvalue weighted by atomic mass is 35.7. The van der Waals surface area contributed by atoms with Crippen LogP contribution in [0, 0.1) is 11.7 Å². The first-order valence-electron chi connectivity index (χ1n) is 6.21. The van der Waals surface area contributed by atoms with Gasteiger partial charge in [-0.15, -0.1) is 0 Å². The molecule has 1 aromatic carbocycles. The lowest BCUT2D eigenvalue weighted by Gasteiger charge is -2.21. The molecule has 1 unspecified atom stereocenters. The van der Waals surface area contributed by atoms with Crippen molar-refractivity contribution in [2.24, 2.45) is 5.92 Å². The molecule has 1 N–H and O–H groups in total. The lowest BCUT2D eigenvalue weighted by molar-refractivity contribution is 0.0921. The van der Waals surface area contributed by atoms with Gasteiger partial charge in [-0.2, -0.15) is 0 Å². The first-order valence-corrected chi connectivity index (χ1v) is 8.52. The van der Waals surface area contributed by atoms with Gasteiger partial charge in [0.25, 0.3) is 15.0 Å². The summed E-state index contributed by atoms with van der Waals surface area (Å²) >= 11 is 0. The smallest absolute Gasteiger partial charge is 0.262 e. The molecule has 0 aliphatic carbocycles. The van der Waals surface area contributed by atoms with Crippen molar-refractivity contribution in [2.45, 2.75) is 38.1 Å². The molecule has 20 heavy (non-hydrogen) atoms. The third-order valence-corrected chi connectivity index (χ3v) is 4.39. The van der Waals surface area contributed by atoms with Gasteiger partial charge in [-0.25, -0.2) is 12.8 Å². The summed E-state index contributed by atoms with van der Waals surface area (Å²) in [6, 6.07) is 2.68. The Balaban J connectivity index is 3.18. The van der Waals surface area contributed by atoms with Crippen molar-refractivity contribution in [2.75, 3.05) is 0 Å². The Morgan fingerprint density at radius 2 is 2.00 bits per heavy atom. The third-order valence-electron chi connectivity index (χ3n) is 3.01. The first-order chi connectivity index (χ1) is 9.16. The highest BCUT2D eigenvalue weighted by molar-refractivity contribution is 8.13. The summed E-state index contributed by atoms with van der Waals surface area (Å²) in [7, 11) is 1.15. The fourth-order valence-corrected chi connectivity index (χ4v) is 2.93. The summed E-state index contributed by atoms with van der Waals surface area (Å²) in [5, 5.41) is 2.69. The normalized spacial score (nSPS) is 13.3. The summed E-state index contributed by atoms with van der Waals surface area (Å²) in [4.78, 5) is 11.7. The zero-order chi connectivity index (χ0) is 15.5. The van der Waals surface area contributed by atoms with E-state index in [1.165, 1.54) is 0 Å². The number of halogens is 2. The fraction of sp³-hybridized carbons (Fsp3) is 0.462. The molecule has 0 fully saturated rings. The highest BCUT2D eigenvalue weighted by Gasteiger charge is 2.23. The van der Waals surface area contributed by atoms with Crippen LogP contribution in [0.5, 0.6) is 0 Å². The zero-order valence-corrected chi connectivity index (χ0v) is 13.1. The molecule has 4 nitrogen and oxygen atoms in total. The minimum Gasteiger partial charge on any atom is -0.349 e. The van der Waals surface area contributed by atoms with E-state index >= 15 is 0 Å². The van der Waals surface area contributed by atoms with Crippen LogP contribution in [0.25, 0.3) is 0 Å². The summed E-state index contributed by atoms with van der Waals surface area (Å²) in [6.45, 7) is 5.76. The predicted octanol–water partition coefficient (Wildman–Crippen LogP) is 2.92. The molecule has 1 amide bonds. The van der Waals surface area contributed by atoms with Gasteiger partial charge in [0.15, 0.2) is 0 Å². The van der Waals surface area contributed by atoms with Gasteiger partial charge < -0.3 is 5.32 Å². The van der Waals surface area contributed by atoms with Crippen molar-refractivity contribution in [3.05, 3.63) is 29.6 Å². The molecule has 112 valence electrons. The van der Waals surface area contributed by atoms with E-state index in [0.29, 0.717) is 6.42 Å². The Morgan fingerprint density at radius 1 is 1.40 bits per heavy atom. The number of carbonyl (C=O) groups excluding carboxylic acids is 1. The maximum atomic E-state index is 13.3. The van der Waals surface area contributed by atoms with Crippen LogP contribution in [0.3, 0.4) is 0 Å². The van der Waals surface area contributed by atoms with Gasteiger partial charge >= 0.3 is 0 Å². The molecule has 0 radical (unpaired) electrons. The van der Waals surface area contributed by atoms with E-state index in [0.717, 1.165) is 18.2 Å². The van der Waals surface area contributed by atoms with Crippen molar-refractivity contribution in [3.63, 3.8) is 0 Å². The molecule has 7 heteroatoms. The topological polar surface area (TPSA) is 63.2 Å². The molecule has 1 aromatic rings. The number of hydrogen-bond donors (Lipinski definition) is 1. The Labute approximate surface area is 122 Å². The predicted molar refractivity (Wildman–Crippen MR) is 75.8 cm³/mol. The molecular weight excluding hydrogens is 305 g/mol. The number of carbonyl (C=O) groups is 1. The largest absolute Gasteiger partial charge is 0.349 e. The lowest BCUT2D eigenvalue weighted by atomic mass is 10.0. The van der Waals surface area contributed by atoms with Crippen LogP contribution < -0.4 is 5.32 Å². The maximum absolute atomic E-state index is 13.3. The highest BCUT2D eigenvalue weighted by Crippen LogP contribution is 2.21. The average Bonchev–Trinajstić information content (AvgIpc) is 2.33. The Kier molecular flexibility index (Phi) is 5.53. The fourth-order valence-electron chi connectivity index (χ4n) is 1.88. The van der Waals surface area contributed by atoms with E-state index < -0.39 is 25.7 Å². The van der Waals surface area contributed by atoms with Gasteiger partial charge in [-0.05, 0) is 30.5 Å². The molecule has 0 spiro atoms. The summed E-state index contributed by atoms with van der Waals surface area (Å²) in [5.41, 5.74) is -0.279. The third kappa shape index (κ3) is 4.18. The van der Waals surface area contributed by atoms with Crippen molar-refractivity contribution in [3.8, 4) is 0 Å². The molecule has 0 bridgehead atoms. The van der Waals surface area contributed by atoms with E-state index in [-0.39, 0.29) is 17.5 Å². The number of nitrogens with one attached hydrogen (secondary N) is 1. The Morgan fingerprint density at radius 3 is 2.45 bits per heavy atom. The van der Waals surface area contributed by atoms with E-state index in [1.54, 1.807) is 0 Å². The molecule has 1 atom stereocenters. The van der Waals surface area contributed by atoms with Crippen molar-refractivity contribution < 1.29 is 17.6 Å². The zero-order valence-electron chi connectivity index (χ0n) is 11.5. The van der Waals surface area contributed by atoms with E-state index in [1.807, 2.05) is 20.8 Å². The molecule has 0 heterocycles. The van der Waals surface area contributed by atoms with E-state index in [9.17, 15) is 17.6 Å². The molecule has 1 rings (SSSR count). The maximum Gasteiger partial charge on any atom is 0.262 e. The second-order valence-electron chi connectivity index (χ2n) is 4.81. The Hall–Kier alpha value is -1.14. The Bertz CT molecular complexity index is 602. The van der Waals surface area contributed by atoms with Crippen molar-refractivity contribution in [1.82, 2.24) is 5.32 Å². The summed E-state index contributed by atoms with van der Waals surface area (Å²) in [6.07, 6.45) is 0.682. The lowest BCUT2D eigenvalue weighted by Crippen LogP contribution is -2.38. The quantitative estimate of drug-likeness (QED) is 0.848. The standard InChI is InChI=1S/C13H17ClFNO3S/c1-4-11(8(2)3)16-13(17)10-7-9(15)5-6-12(10)20(14,18)19/h5-8,11H,4H2,1-3H3,(H,16,17). The van der Waals surface area contributed by atoms with Crippen LogP contribution >= 0.6 is 10.7 Å². The van der Waals surface area contributed by atoms with Gasteiger partial charge in [0, 0.05) is 16.7 Å². The van der Waals surface area contributed by atoms with Crippen LogP contribution in [0.1, 0.15) is 37.6 Å². The van der Waals surface area contributed by atoms with Crippen LogP contribution in [-0.4, -0.2) is 20.4 Å². The molecule has 0 saturated heterocycles. The molecule has 0 saturated carbocycles.